The van der Waals surface area contributed by atoms with E-state index in [1.807, 2.05) is 38.1 Å². The maximum Gasteiger partial charge on any atom is 0.273 e. The maximum atomic E-state index is 13.1. The number of methoxy groups -OCH3 is 3. The molecular formula is C20H26N2O4. The molecule has 0 unspecified atom stereocenters. The first-order valence-corrected chi connectivity index (χ1v) is 8.43. The number of aromatic nitrogens is 1. The lowest BCUT2D eigenvalue weighted by Crippen LogP contribution is -2.41. The van der Waals surface area contributed by atoms with Gasteiger partial charge in [0.15, 0.2) is 0 Å². The molecule has 2 aromatic rings. The number of ether oxygens (including phenoxy) is 3. The fourth-order valence-electron chi connectivity index (χ4n) is 2.76. The molecule has 1 aromatic carbocycles. The van der Waals surface area contributed by atoms with Gasteiger partial charge in [0.2, 0.25) is 0 Å². The lowest BCUT2D eigenvalue weighted by molar-refractivity contribution is 0.0535. The van der Waals surface area contributed by atoms with Crippen LogP contribution in [-0.4, -0.2) is 49.8 Å². The summed E-state index contributed by atoms with van der Waals surface area (Å²) in [6, 6.07) is 9.18. The Morgan fingerprint density at radius 3 is 2.35 bits per heavy atom. The Morgan fingerprint density at radius 1 is 1.15 bits per heavy atom. The summed E-state index contributed by atoms with van der Waals surface area (Å²) >= 11 is 0. The Balaban J connectivity index is 2.37. The Labute approximate surface area is 154 Å². The number of carbonyl (C=O) groups excluding carboxylic acids is 1. The summed E-state index contributed by atoms with van der Waals surface area (Å²) in [5.41, 5.74) is 2.20. The number of nitrogens with zero attached hydrogens (tertiary/aromatic N) is 2. The minimum absolute atomic E-state index is 0.119. The van der Waals surface area contributed by atoms with Gasteiger partial charge in [-0.1, -0.05) is 6.07 Å². The molecule has 6 heteroatoms. The number of aryl methyl sites for hydroxylation is 1. The molecule has 1 heterocycles. The second-order valence-corrected chi connectivity index (χ2v) is 6.13. The van der Waals surface area contributed by atoms with Crippen LogP contribution in [0.3, 0.4) is 0 Å². The first-order chi connectivity index (χ1) is 12.5. The van der Waals surface area contributed by atoms with Gasteiger partial charge in [-0.3, -0.25) is 9.78 Å². The van der Waals surface area contributed by atoms with Crippen LogP contribution in [0.25, 0.3) is 0 Å². The largest absolute Gasteiger partial charge is 0.497 e. The van der Waals surface area contributed by atoms with E-state index in [4.69, 9.17) is 14.2 Å². The van der Waals surface area contributed by atoms with Crippen LogP contribution in [0, 0.1) is 6.92 Å². The van der Waals surface area contributed by atoms with Crippen LogP contribution in [-0.2, 0) is 11.3 Å². The number of rotatable bonds is 8. The molecule has 1 amide bonds. The van der Waals surface area contributed by atoms with Crippen molar-refractivity contribution in [2.45, 2.75) is 26.4 Å². The molecule has 0 N–H and O–H groups in total. The molecule has 0 saturated heterocycles. The van der Waals surface area contributed by atoms with Crippen molar-refractivity contribution in [3.05, 3.63) is 53.3 Å². The second-order valence-electron chi connectivity index (χ2n) is 6.13. The van der Waals surface area contributed by atoms with Crippen molar-refractivity contribution in [2.24, 2.45) is 0 Å². The quantitative estimate of drug-likeness (QED) is 0.726. The van der Waals surface area contributed by atoms with Crippen molar-refractivity contribution in [1.82, 2.24) is 9.88 Å². The van der Waals surface area contributed by atoms with E-state index in [1.165, 1.54) is 0 Å². The summed E-state index contributed by atoms with van der Waals surface area (Å²) < 4.78 is 15.9. The van der Waals surface area contributed by atoms with E-state index in [0.717, 1.165) is 11.1 Å². The summed E-state index contributed by atoms with van der Waals surface area (Å²) in [4.78, 5) is 19.2. The molecular weight excluding hydrogens is 332 g/mol. The van der Waals surface area contributed by atoms with Gasteiger partial charge in [-0.25, -0.2) is 0 Å². The van der Waals surface area contributed by atoms with Crippen molar-refractivity contribution < 1.29 is 19.0 Å². The molecule has 0 bridgehead atoms. The topological polar surface area (TPSA) is 60.9 Å². The molecule has 0 radical (unpaired) electrons. The van der Waals surface area contributed by atoms with E-state index in [1.54, 1.807) is 38.5 Å². The highest BCUT2D eigenvalue weighted by atomic mass is 16.5. The summed E-state index contributed by atoms with van der Waals surface area (Å²) in [6.07, 6.45) is 1.63. The third-order valence-corrected chi connectivity index (χ3v) is 4.18. The average Bonchev–Trinajstić information content (AvgIpc) is 2.65. The average molecular weight is 358 g/mol. The first-order valence-electron chi connectivity index (χ1n) is 8.43. The molecule has 26 heavy (non-hydrogen) atoms. The van der Waals surface area contributed by atoms with Crippen LogP contribution in [0.5, 0.6) is 11.5 Å². The molecule has 0 fully saturated rings. The van der Waals surface area contributed by atoms with E-state index >= 15 is 0 Å². The predicted octanol–water partition coefficient (Wildman–Crippen LogP) is 3.08. The van der Waals surface area contributed by atoms with Crippen molar-refractivity contribution in [1.29, 1.82) is 0 Å². The van der Waals surface area contributed by atoms with Gasteiger partial charge in [-0.2, -0.15) is 0 Å². The van der Waals surface area contributed by atoms with Gasteiger partial charge in [0.25, 0.3) is 5.91 Å². The van der Waals surface area contributed by atoms with Crippen LogP contribution in [0.15, 0.2) is 36.5 Å². The van der Waals surface area contributed by atoms with E-state index in [-0.39, 0.29) is 11.9 Å². The zero-order chi connectivity index (χ0) is 19.1. The number of hydrogen-bond donors (Lipinski definition) is 0. The number of carbonyl (C=O) groups is 1. The van der Waals surface area contributed by atoms with E-state index in [9.17, 15) is 4.79 Å². The highest BCUT2D eigenvalue weighted by Crippen LogP contribution is 2.24. The van der Waals surface area contributed by atoms with Gasteiger partial charge in [0.05, 0.1) is 26.9 Å². The van der Waals surface area contributed by atoms with E-state index < -0.39 is 0 Å². The molecule has 2 rings (SSSR count). The molecule has 6 nitrogen and oxygen atoms in total. The van der Waals surface area contributed by atoms with Crippen LogP contribution < -0.4 is 9.47 Å². The Kier molecular flexibility index (Phi) is 6.97. The zero-order valence-electron chi connectivity index (χ0n) is 16.0. The maximum absolute atomic E-state index is 13.1. The van der Waals surface area contributed by atoms with Gasteiger partial charge < -0.3 is 19.1 Å². The normalized spacial score (nSPS) is 11.7. The summed E-state index contributed by atoms with van der Waals surface area (Å²) in [5.74, 6) is 1.23. The van der Waals surface area contributed by atoms with Gasteiger partial charge in [-0.05, 0) is 43.2 Å². The molecule has 0 spiro atoms. The number of benzene rings is 1. The fourth-order valence-corrected chi connectivity index (χ4v) is 2.76. The molecule has 0 aliphatic carbocycles. The lowest BCUT2D eigenvalue weighted by atomic mass is 10.1. The third-order valence-electron chi connectivity index (χ3n) is 4.18. The van der Waals surface area contributed by atoms with Crippen LogP contribution >= 0.6 is 0 Å². The predicted molar refractivity (Wildman–Crippen MR) is 99.7 cm³/mol. The fraction of sp³-hybridized carbons (Fsp3) is 0.400. The monoisotopic (exact) mass is 358 g/mol. The van der Waals surface area contributed by atoms with Crippen molar-refractivity contribution in [2.75, 3.05) is 27.9 Å². The highest BCUT2D eigenvalue weighted by Gasteiger charge is 2.24. The van der Waals surface area contributed by atoms with E-state index in [0.29, 0.717) is 30.3 Å². The van der Waals surface area contributed by atoms with Crippen molar-refractivity contribution in [3.63, 3.8) is 0 Å². The first kappa shape index (κ1) is 19.7. The Hall–Kier alpha value is -2.60. The van der Waals surface area contributed by atoms with Crippen LogP contribution in [0.4, 0.5) is 0 Å². The smallest absolute Gasteiger partial charge is 0.273 e. The summed E-state index contributed by atoms with van der Waals surface area (Å²) in [6.45, 7) is 4.66. The Morgan fingerprint density at radius 2 is 1.81 bits per heavy atom. The minimum atomic E-state index is -0.130. The van der Waals surface area contributed by atoms with Crippen molar-refractivity contribution in [3.8, 4) is 11.5 Å². The van der Waals surface area contributed by atoms with E-state index in [2.05, 4.69) is 4.98 Å². The minimum Gasteiger partial charge on any atom is -0.497 e. The van der Waals surface area contributed by atoms with Crippen molar-refractivity contribution >= 4 is 5.91 Å². The summed E-state index contributed by atoms with van der Waals surface area (Å²) in [7, 11) is 4.83. The highest BCUT2D eigenvalue weighted by molar-refractivity contribution is 5.93. The van der Waals surface area contributed by atoms with Gasteiger partial charge in [0, 0.05) is 25.9 Å². The van der Waals surface area contributed by atoms with Gasteiger partial charge >= 0.3 is 0 Å². The molecule has 1 atom stereocenters. The number of hydrogen-bond acceptors (Lipinski definition) is 5. The molecule has 1 aromatic heterocycles. The second kappa shape index (κ2) is 9.20. The standard InChI is InChI=1S/C20H26N2O4/c1-14-7-6-8-21-19(14)20(23)22(15(2)13-24-3)12-16-9-17(25-4)11-18(10-16)26-5/h6-11,15H,12-13H2,1-5H3/t15-/m0/s1. The molecule has 0 aliphatic heterocycles. The number of pyridine rings is 1. The number of amides is 1. The molecule has 0 saturated carbocycles. The lowest BCUT2D eigenvalue weighted by Gasteiger charge is -2.29. The molecule has 140 valence electrons. The zero-order valence-corrected chi connectivity index (χ0v) is 16.0. The summed E-state index contributed by atoms with van der Waals surface area (Å²) in [5, 5.41) is 0. The SMILES string of the molecule is COC[C@H](C)N(Cc1cc(OC)cc(OC)c1)C(=O)c1ncccc1C. The van der Waals surface area contributed by atoms with Crippen LogP contribution in [0.1, 0.15) is 28.5 Å². The van der Waals surface area contributed by atoms with Crippen LogP contribution in [0.2, 0.25) is 0 Å². The van der Waals surface area contributed by atoms with Gasteiger partial charge in [0.1, 0.15) is 17.2 Å². The molecule has 0 aliphatic rings. The van der Waals surface area contributed by atoms with Gasteiger partial charge in [-0.15, -0.1) is 0 Å². The third kappa shape index (κ3) is 4.73. The Bertz CT molecular complexity index is 726.